The Kier molecular flexibility index (Phi) is 6.18. The third kappa shape index (κ3) is 4.26. The van der Waals surface area contributed by atoms with Gasteiger partial charge >= 0.3 is 5.97 Å². The van der Waals surface area contributed by atoms with Crippen LogP contribution in [0, 0.1) is 11.8 Å². The summed E-state index contributed by atoms with van der Waals surface area (Å²) in [5.74, 6) is -2.58. The van der Waals surface area contributed by atoms with Crippen LogP contribution in [-0.4, -0.2) is 22.9 Å². The van der Waals surface area contributed by atoms with Crippen molar-refractivity contribution in [2.45, 2.75) is 51.5 Å². The van der Waals surface area contributed by atoms with Gasteiger partial charge in [0.05, 0.1) is 17.4 Å². The number of anilines is 1. The molecule has 158 valence electrons. The Bertz CT molecular complexity index is 954. The van der Waals surface area contributed by atoms with Gasteiger partial charge in [0, 0.05) is 11.4 Å². The molecule has 2 amide bonds. The number of rotatable bonds is 6. The number of thiophene rings is 1. The second-order valence-corrected chi connectivity index (χ2v) is 9.16. The van der Waals surface area contributed by atoms with E-state index in [9.17, 15) is 19.5 Å². The average Bonchev–Trinajstić information content (AvgIpc) is 3.33. The molecule has 2 atom stereocenters. The van der Waals surface area contributed by atoms with Crippen LogP contribution in [0.25, 0.3) is 0 Å². The highest BCUT2D eigenvalue weighted by atomic mass is 32.1. The standard InChI is InChI=1S/C23H26N2O4S/c26-20(15-9-4-5-10-16(15)23(28)29)25-22-19(17-11-6-12-18(17)30-22)21(27)24-13-14-7-2-1-3-8-14/h1-3,7-8,15-16H,4-6,9-13H2,(H,24,27)(H,25,26)(H,28,29)/t15-,16+/m0/s1. The zero-order chi connectivity index (χ0) is 21.1. The largest absolute Gasteiger partial charge is 0.481 e. The Hall–Kier alpha value is -2.67. The molecule has 30 heavy (non-hydrogen) atoms. The van der Waals surface area contributed by atoms with Crippen molar-refractivity contribution in [1.82, 2.24) is 5.32 Å². The second kappa shape index (κ2) is 9.00. The minimum atomic E-state index is -0.913. The highest BCUT2D eigenvalue weighted by Gasteiger charge is 2.37. The lowest BCUT2D eigenvalue weighted by Gasteiger charge is -2.27. The maximum atomic E-state index is 13.0. The third-order valence-corrected chi connectivity index (χ3v) is 7.31. The van der Waals surface area contributed by atoms with Crippen LogP contribution in [0.1, 0.15) is 58.5 Å². The van der Waals surface area contributed by atoms with E-state index in [-0.39, 0.29) is 11.8 Å². The zero-order valence-electron chi connectivity index (χ0n) is 16.8. The van der Waals surface area contributed by atoms with Gasteiger partial charge in [-0.2, -0.15) is 0 Å². The van der Waals surface area contributed by atoms with E-state index < -0.39 is 17.8 Å². The monoisotopic (exact) mass is 426 g/mol. The molecule has 2 aromatic rings. The molecule has 0 bridgehead atoms. The Morgan fingerprint density at radius 2 is 1.73 bits per heavy atom. The van der Waals surface area contributed by atoms with Gasteiger partial charge in [0.2, 0.25) is 5.91 Å². The minimum Gasteiger partial charge on any atom is -0.481 e. The summed E-state index contributed by atoms with van der Waals surface area (Å²) in [6.45, 7) is 0.418. The van der Waals surface area contributed by atoms with Gasteiger partial charge in [0.25, 0.3) is 5.91 Å². The van der Waals surface area contributed by atoms with Gasteiger partial charge in [-0.1, -0.05) is 43.2 Å². The summed E-state index contributed by atoms with van der Waals surface area (Å²) in [7, 11) is 0. The number of nitrogens with one attached hydrogen (secondary N) is 2. The van der Waals surface area contributed by atoms with Crippen molar-refractivity contribution in [1.29, 1.82) is 0 Å². The number of carboxylic acid groups (broad SMARTS) is 1. The van der Waals surface area contributed by atoms with E-state index in [1.807, 2.05) is 30.3 Å². The van der Waals surface area contributed by atoms with Crippen molar-refractivity contribution in [2.24, 2.45) is 11.8 Å². The Balaban J connectivity index is 1.53. The van der Waals surface area contributed by atoms with Gasteiger partial charge in [-0.05, 0) is 43.2 Å². The number of carbonyl (C=O) groups is 3. The maximum absolute atomic E-state index is 13.0. The van der Waals surface area contributed by atoms with Crippen molar-refractivity contribution >= 4 is 34.1 Å². The molecule has 7 heteroatoms. The van der Waals surface area contributed by atoms with Crippen molar-refractivity contribution in [3.63, 3.8) is 0 Å². The van der Waals surface area contributed by atoms with E-state index in [1.165, 1.54) is 11.3 Å². The predicted octanol–water partition coefficient (Wildman–Crippen LogP) is 4.00. The number of fused-ring (bicyclic) bond motifs is 1. The van der Waals surface area contributed by atoms with Crippen LogP contribution < -0.4 is 10.6 Å². The van der Waals surface area contributed by atoms with Crippen LogP contribution in [0.4, 0.5) is 5.00 Å². The molecule has 1 heterocycles. The predicted molar refractivity (Wildman–Crippen MR) is 116 cm³/mol. The molecule has 2 aliphatic carbocycles. The molecule has 1 aromatic carbocycles. The topological polar surface area (TPSA) is 95.5 Å². The van der Waals surface area contributed by atoms with Gasteiger partial charge < -0.3 is 15.7 Å². The van der Waals surface area contributed by atoms with Crippen LogP contribution in [0.3, 0.4) is 0 Å². The SMILES string of the molecule is O=C(NCc1ccccc1)c1c(NC(=O)[C@H]2CCCC[C@H]2C(=O)O)sc2c1CCC2. The first-order valence-corrected chi connectivity index (χ1v) is 11.4. The summed E-state index contributed by atoms with van der Waals surface area (Å²) in [5.41, 5.74) is 2.59. The van der Waals surface area contributed by atoms with Crippen molar-refractivity contribution in [3.8, 4) is 0 Å². The number of amides is 2. The first-order chi connectivity index (χ1) is 14.5. The van der Waals surface area contributed by atoms with Crippen molar-refractivity contribution in [2.75, 3.05) is 5.32 Å². The molecule has 1 fully saturated rings. The van der Waals surface area contributed by atoms with E-state index >= 15 is 0 Å². The lowest BCUT2D eigenvalue weighted by molar-refractivity contribution is -0.147. The Labute approximate surface area is 179 Å². The first kappa shape index (κ1) is 20.6. The number of hydrogen-bond donors (Lipinski definition) is 3. The molecule has 1 aromatic heterocycles. The van der Waals surface area contributed by atoms with Crippen LogP contribution in [0.15, 0.2) is 30.3 Å². The van der Waals surface area contributed by atoms with E-state index in [0.29, 0.717) is 30.0 Å². The van der Waals surface area contributed by atoms with Crippen LogP contribution in [0.2, 0.25) is 0 Å². The van der Waals surface area contributed by atoms with E-state index in [2.05, 4.69) is 10.6 Å². The Morgan fingerprint density at radius 1 is 1.00 bits per heavy atom. The Morgan fingerprint density at radius 3 is 2.47 bits per heavy atom. The lowest BCUT2D eigenvalue weighted by Crippen LogP contribution is -2.36. The van der Waals surface area contributed by atoms with Gasteiger partial charge in [0.15, 0.2) is 0 Å². The summed E-state index contributed by atoms with van der Waals surface area (Å²) in [6, 6.07) is 9.70. The van der Waals surface area contributed by atoms with Crippen LogP contribution >= 0.6 is 11.3 Å². The second-order valence-electron chi connectivity index (χ2n) is 8.05. The van der Waals surface area contributed by atoms with Crippen LogP contribution in [-0.2, 0) is 29.0 Å². The highest BCUT2D eigenvalue weighted by Crippen LogP contribution is 2.40. The third-order valence-electron chi connectivity index (χ3n) is 6.10. The summed E-state index contributed by atoms with van der Waals surface area (Å²) >= 11 is 1.46. The number of carboxylic acids is 1. The van der Waals surface area contributed by atoms with Gasteiger partial charge in [-0.15, -0.1) is 11.3 Å². The molecule has 4 rings (SSSR count). The molecule has 1 saturated carbocycles. The van der Waals surface area contributed by atoms with Gasteiger partial charge in [0.1, 0.15) is 5.00 Å². The quantitative estimate of drug-likeness (QED) is 0.651. The van der Waals surface area contributed by atoms with Crippen molar-refractivity contribution < 1.29 is 19.5 Å². The molecule has 0 radical (unpaired) electrons. The van der Waals surface area contributed by atoms with E-state index in [0.717, 1.165) is 48.1 Å². The summed E-state index contributed by atoms with van der Waals surface area (Å²) < 4.78 is 0. The van der Waals surface area contributed by atoms with Crippen LogP contribution in [0.5, 0.6) is 0 Å². The number of benzene rings is 1. The van der Waals surface area contributed by atoms with E-state index in [1.54, 1.807) is 0 Å². The first-order valence-electron chi connectivity index (χ1n) is 10.5. The molecular weight excluding hydrogens is 400 g/mol. The highest BCUT2D eigenvalue weighted by molar-refractivity contribution is 7.17. The fourth-order valence-electron chi connectivity index (χ4n) is 4.54. The number of aryl methyl sites for hydroxylation is 1. The number of hydrogen-bond acceptors (Lipinski definition) is 4. The normalized spacial score (nSPS) is 20.4. The van der Waals surface area contributed by atoms with Crippen molar-refractivity contribution in [3.05, 3.63) is 51.9 Å². The fraction of sp³-hybridized carbons (Fsp3) is 0.435. The average molecular weight is 427 g/mol. The fourth-order valence-corrected chi connectivity index (χ4v) is 5.83. The van der Waals surface area contributed by atoms with E-state index in [4.69, 9.17) is 0 Å². The molecule has 2 aliphatic rings. The lowest BCUT2D eigenvalue weighted by atomic mass is 9.79. The molecular formula is C23H26N2O4S. The maximum Gasteiger partial charge on any atom is 0.307 e. The summed E-state index contributed by atoms with van der Waals surface area (Å²) in [5, 5.41) is 16.0. The molecule has 3 N–H and O–H groups in total. The van der Waals surface area contributed by atoms with Gasteiger partial charge in [-0.3, -0.25) is 14.4 Å². The number of aliphatic carboxylic acids is 1. The number of carbonyl (C=O) groups excluding carboxylic acids is 2. The van der Waals surface area contributed by atoms with Gasteiger partial charge in [-0.25, -0.2) is 0 Å². The smallest absolute Gasteiger partial charge is 0.307 e. The summed E-state index contributed by atoms with van der Waals surface area (Å²) in [4.78, 5) is 38.7. The molecule has 0 saturated heterocycles. The zero-order valence-corrected chi connectivity index (χ0v) is 17.6. The molecule has 0 unspecified atom stereocenters. The molecule has 0 aliphatic heterocycles. The molecule has 6 nitrogen and oxygen atoms in total. The minimum absolute atomic E-state index is 0.188. The molecule has 0 spiro atoms. The summed E-state index contributed by atoms with van der Waals surface area (Å²) in [6.07, 6.45) is 5.54.